The fraction of sp³-hybridized carbons (Fsp3) is 0.143. The first-order valence-corrected chi connectivity index (χ1v) is 6.15. The predicted molar refractivity (Wildman–Crippen MR) is 68.4 cm³/mol. The van der Waals surface area contributed by atoms with Gasteiger partial charge in [-0.15, -0.1) is 0 Å². The third kappa shape index (κ3) is 3.13. The molecule has 2 aromatic rings. The van der Waals surface area contributed by atoms with Crippen LogP contribution in [0, 0.1) is 0 Å². The number of benzene rings is 2. The number of rotatable bonds is 2. The van der Waals surface area contributed by atoms with Gasteiger partial charge in [0.1, 0.15) is 0 Å². The second-order valence-corrected chi connectivity index (χ2v) is 4.82. The van der Waals surface area contributed by atoms with Gasteiger partial charge in [-0.05, 0) is 35.7 Å². The summed E-state index contributed by atoms with van der Waals surface area (Å²) in [4.78, 5) is 0. The molecule has 18 heavy (non-hydrogen) atoms. The molecule has 0 heterocycles. The number of hydrogen-bond donors (Lipinski definition) is 0. The molecule has 0 N–H and O–H groups in total. The van der Waals surface area contributed by atoms with Crippen LogP contribution in [-0.4, -0.2) is 0 Å². The summed E-state index contributed by atoms with van der Waals surface area (Å²) >= 11 is 3.29. The highest BCUT2D eigenvalue weighted by Gasteiger charge is 2.30. The van der Waals surface area contributed by atoms with Crippen molar-refractivity contribution >= 4 is 15.9 Å². The van der Waals surface area contributed by atoms with Crippen molar-refractivity contribution in [2.24, 2.45) is 0 Å². The SMILES string of the molecule is FC(F)(F)c1ccc(Br)c(Cc2ccccc2)c1. The minimum Gasteiger partial charge on any atom is -0.166 e. The maximum atomic E-state index is 12.6. The van der Waals surface area contributed by atoms with Gasteiger partial charge >= 0.3 is 6.18 Å². The lowest BCUT2D eigenvalue weighted by Crippen LogP contribution is -2.05. The molecule has 2 rings (SSSR count). The highest BCUT2D eigenvalue weighted by molar-refractivity contribution is 9.10. The van der Waals surface area contributed by atoms with Crippen molar-refractivity contribution in [3.05, 3.63) is 69.7 Å². The van der Waals surface area contributed by atoms with Crippen molar-refractivity contribution < 1.29 is 13.2 Å². The van der Waals surface area contributed by atoms with Gasteiger partial charge in [0.05, 0.1) is 5.56 Å². The topological polar surface area (TPSA) is 0 Å². The smallest absolute Gasteiger partial charge is 0.166 e. The highest BCUT2D eigenvalue weighted by atomic mass is 79.9. The van der Waals surface area contributed by atoms with Crippen LogP contribution in [0.5, 0.6) is 0 Å². The second-order valence-electron chi connectivity index (χ2n) is 3.97. The lowest BCUT2D eigenvalue weighted by atomic mass is 10.0. The summed E-state index contributed by atoms with van der Waals surface area (Å²) in [7, 11) is 0. The maximum absolute atomic E-state index is 12.6. The second kappa shape index (κ2) is 5.14. The lowest BCUT2D eigenvalue weighted by Gasteiger charge is -2.10. The van der Waals surface area contributed by atoms with Gasteiger partial charge < -0.3 is 0 Å². The van der Waals surface area contributed by atoms with Crippen LogP contribution in [0.3, 0.4) is 0 Å². The average molecular weight is 315 g/mol. The molecule has 2 aromatic carbocycles. The van der Waals surface area contributed by atoms with Crippen LogP contribution >= 0.6 is 15.9 Å². The molecule has 0 nitrogen and oxygen atoms in total. The van der Waals surface area contributed by atoms with Crippen LogP contribution in [-0.2, 0) is 12.6 Å². The molecule has 0 spiro atoms. The highest BCUT2D eigenvalue weighted by Crippen LogP contribution is 2.32. The van der Waals surface area contributed by atoms with E-state index in [1.165, 1.54) is 12.1 Å². The van der Waals surface area contributed by atoms with E-state index in [0.29, 0.717) is 16.5 Å². The summed E-state index contributed by atoms with van der Waals surface area (Å²) in [5.41, 5.74) is 1.00. The quantitative estimate of drug-likeness (QED) is 0.727. The van der Waals surface area contributed by atoms with Gasteiger partial charge in [-0.25, -0.2) is 0 Å². The first-order valence-electron chi connectivity index (χ1n) is 5.36. The zero-order valence-corrected chi connectivity index (χ0v) is 10.9. The minimum atomic E-state index is -4.30. The molecule has 0 aliphatic carbocycles. The van der Waals surface area contributed by atoms with Crippen LogP contribution in [0.25, 0.3) is 0 Å². The van der Waals surface area contributed by atoms with E-state index in [-0.39, 0.29) is 0 Å². The zero-order chi connectivity index (χ0) is 13.2. The van der Waals surface area contributed by atoms with E-state index in [1.807, 2.05) is 30.3 Å². The number of alkyl halides is 3. The maximum Gasteiger partial charge on any atom is 0.416 e. The van der Waals surface area contributed by atoms with Gasteiger partial charge in [-0.3, -0.25) is 0 Å². The predicted octanol–water partition coefficient (Wildman–Crippen LogP) is 5.06. The Balaban J connectivity index is 2.33. The van der Waals surface area contributed by atoms with E-state index in [4.69, 9.17) is 0 Å². The third-order valence-corrected chi connectivity index (χ3v) is 3.38. The van der Waals surface area contributed by atoms with Crippen LogP contribution in [0.4, 0.5) is 13.2 Å². The Hall–Kier alpha value is -1.29. The summed E-state index contributed by atoms with van der Waals surface area (Å²) in [6.07, 6.45) is -3.82. The van der Waals surface area contributed by atoms with Crippen molar-refractivity contribution in [1.29, 1.82) is 0 Å². The van der Waals surface area contributed by atoms with Gasteiger partial charge in [0.25, 0.3) is 0 Å². The van der Waals surface area contributed by atoms with Gasteiger partial charge in [0, 0.05) is 4.47 Å². The molecule has 0 fully saturated rings. The summed E-state index contributed by atoms with van der Waals surface area (Å²) in [5, 5.41) is 0. The van der Waals surface area contributed by atoms with Gasteiger partial charge in [-0.1, -0.05) is 46.3 Å². The van der Waals surface area contributed by atoms with Crippen molar-refractivity contribution in [1.82, 2.24) is 0 Å². The summed E-state index contributed by atoms with van der Waals surface area (Å²) < 4.78 is 38.6. The normalized spacial score (nSPS) is 11.6. The van der Waals surface area contributed by atoms with E-state index in [2.05, 4.69) is 15.9 Å². The molecule has 0 aliphatic heterocycles. The molecule has 0 amide bonds. The van der Waals surface area contributed by atoms with E-state index in [1.54, 1.807) is 0 Å². The third-order valence-electron chi connectivity index (χ3n) is 2.61. The standard InChI is InChI=1S/C14H10BrF3/c15-13-7-6-12(14(16,17)18)9-11(13)8-10-4-2-1-3-5-10/h1-7,9H,8H2. The Labute approximate surface area is 112 Å². The Morgan fingerprint density at radius 1 is 0.944 bits per heavy atom. The monoisotopic (exact) mass is 314 g/mol. The molecular formula is C14H10BrF3. The van der Waals surface area contributed by atoms with Crippen LogP contribution in [0.15, 0.2) is 53.0 Å². The molecule has 0 atom stereocenters. The van der Waals surface area contributed by atoms with E-state index in [0.717, 1.165) is 11.6 Å². The molecule has 0 unspecified atom stereocenters. The molecular weight excluding hydrogens is 305 g/mol. The molecule has 0 aliphatic rings. The van der Waals surface area contributed by atoms with E-state index >= 15 is 0 Å². The largest absolute Gasteiger partial charge is 0.416 e. The van der Waals surface area contributed by atoms with Crippen LogP contribution in [0.1, 0.15) is 16.7 Å². The molecule has 0 bridgehead atoms. The Kier molecular flexibility index (Phi) is 3.76. The molecule has 0 saturated carbocycles. The molecule has 0 aromatic heterocycles. The fourth-order valence-electron chi connectivity index (χ4n) is 1.70. The van der Waals surface area contributed by atoms with Crippen molar-refractivity contribution in [3.63, 3.8) is 0 Å². The van der Waals surface area contributed by atoms with Crippen molar-refractivity contribution in [3.8, 4) is 0 Å². The Morgan fingerprint density at radius 2 is 1.61 bits per heavy atom. The lowest BCUT2D eigenvalue weighted by molar-refractivity contribution is -0.137. The number of hydrogen-bond acceptors (Lipinski definition) is 0. The van der Waals surface area contributed by atoms with Gasteiger partial charge in [0.15, 0.2) is 0 Å². The van der Waals surface area contributed by atoms with Crippen molar-refractivity contribution in [2.75, 3.05) is 0 Å². The first-order chi connectivity index (χ1) is 8.47. The average Bonchev–Trinajstić information content (AvgIpc) is 2.32. The summed E-state index contributed by atoms with van der Waals surface area (Å²) in [6, 6.07) is 13.1. The Bertz CT molecular complexity index is 532. The van der Waals surface area contributed by atoms with Crippen LogP contribution in [0.2, 0.25) is 0 Å². The fourth-order valence-corrected chi connectivity index (χ4v) is 2.09. The van der Waals surface area contributed by atoms with Crippen LogP contribution < -0.4 is 0 Å². The summed E-state index contributed by atoms with van der Waals surface area (Å²) in [6.45, 7) is 0. The minimum absolute atomic E-state index is 0.478. The first kappa shape index (κ1) is 13.1. The summed E-state index contributed by atoms with van der Waals surface area (Å²) in [5.74, 6) is 0. The van der Waals surface area contributed by atoms with E-state index < -0.39 is 11.7 Å². The van der Waals surface area contributed by atoms with Gasteiger partial charge in [-0.2, -0.15) is 13.2 Å². The molecule has 0 saturated heterocycles. The van der Waals surface area contributed by atoms with E-state index in [9.17, 15) is 13.2 Å². The van der Waals surface area contributed by atoms with Crippen molar-refractivity contribution in [2.45, 2.75) is 12.6 Å². The zero-order valence-electron chi connectivity index (χ0n) is 9.34. The molecule has 0 radical (unpaired) electrons. The molecule has 4 heteroatoms. The molecule has 94 valence electrons. The Morgan fingerprint density at radius 3 is 2.22 bits per heavy atom. The number of halogens is 4. The van der Waals surface area contributed by atoms with Gasteiger partial charge in [0.2, 0.25) is 0 Å².